The highest BCUT2D eigenvalue weighted by Crippen LogP contribution is 2.78. The maximum Gasteiger partial charge on any atom is 0.351 e. The molecule has 2 unspecified atom stereocenters. The number of carbonyl (C=O) groups excluding carboxylic acids is 2. The Bertz CT molecular complexity index is 1350. The van der Waals surface area contributed by atoms with Gasteiger partial charge in [-0.3, -0.25) is 9.59 Å². The quantitative estimate of drug-likeness (QED) is 0.310. The summed E-state index contributed by atoms with van der Waals surface area (Å²) < 4.78 is 12.5. The number of esters is 2. The SMILES string of the molecule is CC(C)[C@@H]1CC[C@]2(C(=O)O)CC[C@]3(C)[C@H](CC[C@@H]4[C@@]5(C)CC[C@H](OC(=O)C67CCC(C)(C(=O)O6)C7(C)C)C(C)(C)[C@@H]5CC[C@]43C)[C@@H]12. The van der Waals surface area contributed by atoms with Crippen LogP contribution in [0.2, 0.25) is 0 Å². The van der Waals surface area contributed by atoms with E-state index in [1.54, 1.807) is 0 Å². The van der Waals surface area contributed by atoms with E-state index in [2.05, 4.69) is 48.5 Å². The summed E-state index contributed by atoms with van der Waals surface area (Å²) in [5, 5.41) is 10.7. The molecule has 258 valence electrons. The molecule has 0 spiro atoms. The number of hydrogen-bond donors (Lipinski definition) is 1. The largest absolute Gasteiger partial charge is 0.481 e. The second-order valence-electron chi connectivity index (χ2n) is 20.0. The molecule has 0 amide bonds. The molecular weight excluding hydrogens is 576 g/mol. The Morgan fingerprint density at radius 1 is 0.783 bits per heavy atom. The van der Waals surface area contributed by atoms with E-state index in [9.17, 15) is 19.5 Å². The van der Waals surface area contributed by atoms with Crippen LogP contribution >= 0.6 is 0 Å². The molecule has 0 aromatic carbocycles. The number of aliphatic carboxylic acids is 1. The summed E-state index contributed by atoms with van der Waals surface area (Å²) in [4.78, 5) is 40.0. The van der Waals surface area contributed by atoms with Crippen molar-refractivity contribution >= 4 is 17.9 Å². The lowest BCUT2D eigenvalue weighted by Gasteiger charge is -2.72. The van der Waals surface area contributed by atoms with Crippen molar-refractivity contribution in [2.75, 3.05) is 0 Å². The van der Waals surface area contributed by atoms with Gasteiger partial charge in [-0.2, -0.15) is 0 Å². The fourth-order valence-electron chi connectivity index (χ4n) is 14.9. The Labute approximate surface area is 277 Å². The molecule has 6 aliphatic carbocycles. The minimum Gasteiger partial charge on any atom is -0.481 e. The van der Waals surface area contributed by atoms with Crippen LogP contribution in [0.4, 0.5) is 0 Å². The molecule has 6 heteroatoms. The number of carboxylic acids is 1. The number of carbonyl (C=O) groups is 3. The van der Waals surface area contributed by atoms with E-state index >= 15 is 0 Å². The molecule has 6 nitrogen and oxygen atoms in total. The predicted molar refractivity (Wildman–Crippen MR) is 176 cm³/mol. The van der Waals surface area contributed by atoms with Crippen molar-refractivity contribution in [2.45, 2.75) is 158 Å². The Morgan fingerprint density at radius 2 is 1.48 bits per heavy atom. The molecule has 0 aromatic rings. The van der Waals surface area contributed by atoms with Gasteiger partial charge in [-0.1, -0.05) is 62.3 Å². The fourth-order valence-corrected chi connectivity index (χ4v) is 14.9. The van der Waals surface area contributed by atoms with Crippen LogP contribution in [-0.4, -0.2) is 34.7 Å². The summed E-state index contributed by atoms with van der Waals surface area (Å²) in [6.07, 6.45) is 11.2. The van der Waals surface area contributed by atoms with Crippen molar-refractivity contribution in [1.82, 2.24) is 0 Å². The van der Waals surface area contributed by atoms with Crippen molar-refractivity contribution < 1.29 is 29.0 Å². The highest BCUT2D eigenvalue weighted by Gasteiger charge is 2.77. The average molecular weight is 639 g/mol. The molecule has 1 heterocycles. The van der Waals surface area contributed by atoms with Crippen LogP contribution in [0.3, 0.4) is 0 Å². The Balaban J connectivity index is 1.16. The van der Waals surface area contributed by atoms with Gasteiger partial charge in [-0.05, 0) is 136 Å². The third-order valence-corrected chi connectivity index (χ3v) is 18.4. The van der Waals surface area contributed by atoms with Gasteiger partial charge in [0.25, 0.3) is 0 Å². The maximum absolute atomic E-state index is 14.1. The lowest BCUT2D eigenvalue weighted by molar-refractivity contribution is -0.254. The molecule has 2 bridgehead atoms. The standard InChI is InChI=1S/C40H62O6/c1-23(2)24-13-18-39(30(41)42)21-19-36(8)25(29(24)39)11-12-27-35(7)16-15-28(33(3,4)26(35)14-17-37(27,36)9)45-32(44)40-22-20-38(10,31(43)46-40)34(40,5)6/h23-29H,11-22H2,1-10H3,(H,41,42)/t24-,25+,26-,27+,28-,29+,35-,36+,37+,38?,39-,40?/m0/s1. The van der Waals surface area contributed by atoms with Crippen LogP contribution in [0.5, 0.6) is 0 Å². The molecular formula is C40H62O6. The molecule has 0 aromatic heterocycles. The molecule has 1 N–H and O–H groups in total. The summed E-state index contributed by atoms with van der Waals surface area (Å²) in [5.74, 6) is 1.63. The summed E-state index contributed by atoms with van der Waals surface area (Å²) in [6.45, 7) is 23.0. The van der Waals surface area contributed by atoms with Crippen molar-refractivity contribution in [2.24, 2.45) is 73.4 Å². The first-order chi connectivity index (χ1) is 21.2. The van der Waals surface area contributed by atoms with Crippen molar-refractivity contribution in [1.29, 1.82) is 0 Å². The summed E-state index contributed by atoms with van der Waals surface area (Å²) in [6, 6.07) is 0. The Kier molecular flexibility index (Phi) is 6.84. The zero-order valence-electron chi connectivity index (χ0n) is 30.5. The van der Waals surface area contributed by atoms with E-state index in [0.717, 1.165) is 57.8 Å². The van der Waals surface area contributed by atoms with E-state index in [1.807, 2.05) is 20.8 Å². The van der Waals surface area contributed by atoms with Crippen LogP contribution in [0, 0.1) is 73.4 Å². The number of fused-ring (bicyclic) bond motifs is 9. The highest BCUT2D eigenvalue weighted by molar-refractivity contribution is 5.93. The molecule has 46 heavy (non-hydrogen) atoms. The lowest BCUT2D eigenvalue weighted by Crippen LogP contribution is -2.67. The molecule has 7 aliphatic rings. The zero-order chi connectivity index (χ0) is 33.7. The smallest absolute Gasteiger partial charge is 0.351 e. The maximum atomic E-state index is 14.1. The minimum atomic E-state index is -1.19. The van der Waals surface area contributed by atoms with Gasteiger partial charge in [0.1, 0.15) is 6.10 Å². The number of ether oxygens (including phenoxy) is 2. The zero-order valence-corrected chi connectivity index (χ0v) is 30.5. The van der Waals surface area contributed by atoms with Gasteiger partial charge in [-0.15, -0.1) is 0 Å². The topological polar surface area (TPSA) is 89.9 Å². The van der Waals surface area contributed by atoms with Gasteiger partial charge in [0.05, 0.1) is 10.8 Å². The predicted octanol–water partition coefficient (Wildman–Crippen LogP) is 8.84. The van der Waals surface area contributed by atoms with Crippen LogP contribution in [0.1, 0.15) is 146 Å². The monoisotopic (exact) mass is 638 g/mol. The van der Waals surface area contributed by atoms with Crippen LogP contribution in [0.25, 0.3) is 0 Å². The number of carboxylic acid groups (broad SMARTS) is 1. The third-order valence-electron chi connectivity index (χ3n) is 18.4. The molecule has 7 fully saturated rings. The van der Waals surface area contributed by atoms with Crippen LogP contribution in [0.15, 0.2) is 0 Å². The van der Waals surface area contributed by atoms with Gasteiger partial charge in [0, 0.05) is 10.8 Å². The van der Waals surface area contributed by atoms with Gasteiger partial charge in [0.2, 0.25) is 5.60 Å². The first-order valence-corrected chi connectivity index (χ1v) is 18.9. The van der Waals surface area contributed by atoms with Gasteiger partial charge < -0.3 is 14.6 Å². The summed E-state index contributed by atoms with van der Waals surface area (Å²) in [7, 11) is 0. The molecule has 0 radical (unpaired) electrons. The number of hydrogen-bond acceptors (Lipinski definition) is 5. The first-order valence-electron chi connectivity index (χ1n) is 18.9. The molecule has 12 atom stereocenters. The molecule has 7 rings (SSSR count). The van der Waals surface area contributed by atoms with E-state index in [1.165, 1.54) is 6.42 Å². The highest BCUT2D eigenvalue weighted by atomic mass is 16.6. The second kappa shape index (κ2) is 9.55. The minimum absolute atomic E-state index is 0.130. The van der Waals surface area contributed by atoms with E-state index in [-0.39, 0.29) is 45.6 Å². The Hall–Kier alpha value is -1.59. The number of rotatable bonds is 4. The third kappa shape index (κ3) is 3.54. The van der Waals surface area contributed by atoms with Crippen LogP contribution < -0.4 is 0 Å². The summed E-state index contributed by atoms with van der Waals surface area (Å²) in [5.41, 5.74) is -2.76. The lowest BCUT2D eigenvalue weighted by atomic mass is 9.32. The fraction of sp³-hybridized carbons (Fsp3) is 0.925. The van der Waals surface area contributed by atoms with Crippen molar-refractivity contribution in [3.8, 4) is 0 Å². The van der Waals surface area contributed by atoms with Crippen LogP contribution in [-0.2, 0) is 23.9 Å². The van der Waals surface area contributed by atoms with E-state index < -0.39 is 27.8 Å². The average Bonchev–Trinajstić information content (AvgIpc) is 3.51. The van der Waals surface area contributed by atoms with E-state index in [0.29, 0.717) is 42.4 Å². The van der Waals surface area contributed by atoms with E-state index in [4.69, 9.17) is 9.47 Å². The second-order valence-corrected chi connectivity index (χ2v) is 20.0. The molecule has 1 saturated heterocycles. The van der Waals surface area contributed by atoms with Gasteiger partial charge in [0.15, 0.2) is 0 Å². The first kappa shape index (κ1) is 32.9. The van der Waals surface area contributed by atoms with Gasteiger partial charge in [-0.25, -0.2) is 4.79 Å². The Morgan fingerprint density at radius 3 is 2.07 bits per heavy atom. The summed E-state index contributed by atoms with van der Waals surface area (Å²) >= 11 is 0. The molecule has 1 aliphatic heterocycles. The molecule has 6 saturated carbocycles. The van der Waals surface area contributed by atoms with Gasteiger partial charge >= 0.3 is 17.9 Å². The van der Waals surface area contributed by atoms with Crippen molar-refractivity contribution in [3.63, 3.8) is 0 Å². The normalized spacial score (nSPS) is 53.1. The van der Waals surface area contributed by atoms with Crippen molar-refractivity contribution in [3.05, 3.63) is 0 Å².